The van der Waals surface area contributed by atoms with Gasteiger partial charge in [-0.25, -0.2) is 4.98 Å². The van der Waals surface area contributed by atoms with Crippen LogP contribution >= 0.6 is 11.8 Å². The van der Waals surface area contributed by atoms with Gasteiger partial charge in [-0.1, -0.05) is 61.2 Å². The third-order valence-corrected chi connectivity index (χ3v) is 5.95. The highest BCUT2D eigenvalue weighted by atomic mass is 32.2. The maximum absolute atomic E-state index is 12.9. The van der Waals surface area contributed by atoms with E-state index in [0.717, 1.165) is 12.8 Å². The van der Waals surface area contributed by atoms with Gasteiger partial charge >= 0.3 is 0 Å². The highest BCUT2D eigenvalue weighted by Gasteiger charge is 2.28. The number of rotatable bonds is 7. The van der Waals surface area contributed by atoms with E-state index in [4.69, 9.17) is 0 Å². The number of hydrogen-bond acceptors (Lipinski definition) is 4. The molecule has 144 valence electrons. The standard InChI is InChI=1S/C22H23N3O2S/c1-15(16-7-3-2-4-8-16)13-23-20(26)14-28-22-24-19-10-6-5-9-18(19)21(27)25(22)17-11-12-17/h2-10,15,17H,11-14H2,1H3,(H,23,26)/t15-/m1/s1. The van der Waals surface area contributed by atoms with Gasteiger partial charge in [0.25, 0.3) is 5.56 Å². The van der Waals surface area contributed by atoms with Crippen molar-refractivity contribution in [3.8, 4) is 0 Å². The van der Waals surface area contributed by atoms with E-state index in [0.29, 0.717) is 22.6 Å². The summed E-state index contributed by atoms with van der Waals surface area (Å²) in [5, 5.41) is 4.27. The summed E-state index contributed by atoms with van der Waals surface area (Å²) in [6.45, 7) is 2.68. The average Bonchev–Trinajstić information content (AvgIpc) is 3.56. The van der Waals surface area contributed by atoms with Gasteiger partial charge in [0.1, 0.15) is 0 Å². The Labute approximate surface area is 168 Å². The summed E-state index contributed by atoms with van der Waals surface area (Å²) in [5.41, 5.74) is 1.88. The van der Waals surface area contributed by atoms with Crippen LogP contribution in [0.5, 0.6) is 0 Å². The van der Waals surface area contributed by atoms with Crippen molar-refractivity contribution in [3.63, 3.8) is 0 Å². The van der Waals surface area contributed by atoms with Crippen LogP contribution in [0.25, 0.3) is 10.9 Å². The number of nitrogens with zero attached hydrogens (tertiary/aromatic N) is 2. The van der Waals surface area contributed by atoms with E-state index in [1.54, 1.807) is 4.57 Å². The highest BCUT2D eigenvalue weighted by molar-refractivity contribution is 7.99. The molecule has 1 amide bonds. The zero-order valence-electron chi connectivity index (χ0n) is 15.8. The SMILES string of the molecule is C[C@H](CNC(=O)CSc1nc2ccccc2c(=O)n1C1CC1)c1ccccc1. The zero-order valence-corrected chi connectivity index (χ0v) is 16.6. The molecule has 4 rings (SSSR count). The van der Waals surface area contributed by atoms with Crippen LogP contribution in [0.15, 0.2) is 64.5 Å². The van der Waals surface area contributed by atoms with E-state index in [2.05, 4.69) is 29.4 Å². The molecule has 0 unspecified atom stereocenters. The topological polar surface area (TPSA) is 64.0 Å². The maximum Gasteiger partial charge on any atom is 0.262 e. The van der Waals surface area contributed by atoms with Crippen molar-refractivity contribution in [2.75, 3.05) is 12.3 Å². The first kappa shape index (κ1) is 18.7. The summed E-state index contributed by atoms with van der Waals surface area (Å²) in [5.74, 6) is 0.454. The van der Waals surface area contributed by atoms with E-state index >= 15 is 0 Å². The Hall–Kier alpha value is -2.60. The van der Waals surface area contributed by atoms with Crippen molar-refractivity contribution in [2.45, 2.75) is 36.9 Å². The molecule has 1 fully saturated rings. The summed E-state index contributed by atoms with van der Waals surface area (Å²) in [6.07, 6.45) is 1.99. The predicted molar refractivity (Wildman–Crippen MR) is 113 cm³/mol. The number of hydrogen-bond donors (Lipinski definition) is 1. The minimum absolute atomic E-state index is 0.00583. The Morgan fingerprint density at radius 3 is 2.64 bits per heavy atom. The van der Waals surface area contributed by atoms with Gasteiger partial charge < -0.3 is 5.32 Å². The Bertz CT molecular complexity index is 1040. The number of amides is 1. The Balaban J connectivity index is 1.43. The molecule has 0 radical (unpaired) electrons. The summed E-state index contributed by atoms with van der Waals surface area (Å²) in [7, 11) is 0. The highest BCUT2D eigenvalue weighted by Crippen LogP contribution is 2.36. The van der Waals surface area contributed by atoms with Crippen LogP contribution in [0.3, 0.4) is 0 Å². The third-order valence-electron chi connectivity index (χ3n) is 4.99. The molecule has 1 N–H and O–H groups in total. The van der Waals surface area contributed by atoms with E-state index in [1.807, 2.05) is 42.5 Å². The minimum atomic E-state index is -0.0439. The Morgan fingerprint density at radius 2 is 1.89 bits per heavy atom. The van der Waals surface area contributed by atoms with Crippen LogP contribution in [0.2, 0.25) is 0 Å². The fourth-order valence-corrected chi connectivity index (χ4v) is 4.13. The first-order valence-corrected chi connectivity index (χ1v) is 10.6. The first-order chi connectivity index (χ1) is 13.6. The number of aromatic nitrogens is 2. The first-order valence-electron chi connectivity index (χ1n) is 9.59. The summed E-state index contributed by atoms with van der Waals surface area (Å²) >= 11 is 1.34. The molecule has 0 saturated heterocycles. The van der Waals surface area contributed by atoms with Gasteiger partial charge in [0.05, 0.1) is 16.7 Å². The van der Waals surface area contributed by atoms with Crippen molar-refractivity contribution in [2.24, 2.45) is 0 Å². The number of carbonyl (C=O) groups excluding carboxylic acids is 1. The smallest absolute Gasteiger partial charge is 0.262 e. The number of fused-ring (bicyclic) bond motifs is 1. The third kappa shape index (κ3) is 4.12. The molecule has 3 aromatic rings. The summed E-state index contributed by atoms with van der Waals surface area (Å²) in [6, 6.07) is 17.7. The molecular formula is C22H23N3O2S. The number of thioether (sulfide) groups is 1. The minimum Gasteiger partial charge on any atom is -0.355 e. The van der Waals surface area contributed by atoms with Crippen molar-refractivity contribution in [3.05, 3.63) is 70.5 Å². The number of benzene rings is 2. The Morgan fingerprint density at radius 1 is 1.18 bits per heavy atom. The van der Waals surface area contributed by atoms with Crippen LogP contribution in [-0.2, 0) is 4.79 Å². The molecule has 6 heteroatoms. The molecular weight excluding hydrogens is 370 g/mol. The largest absolute Gasteiger partial charge is 0.355 e. The van der Waals surface area contributed by atoms with Crippen molar-refractivity contribution in [1.29, 1.82) is 0 Å². The monoisotopic (exact) mass is 393 g/mol. The van der Waals surface area contributed by atoms with Gasteiger partial charge in [-0.15, -0.1) is 0 Å². The Kier molecular flexibility index (Phi) is 5.48. The fourth-order valence-electron chi connectivity index (χ4n) is 3.23. The number of para-hydroxylation sites is 1. The van der Waals surface area contributed by atoms with Crippen LogP contribution in [0, 0.1) is 0 Å². The lowest BCUT2D eigenvalue weighted by atomic mass is 10.0. The van der Waals surface area contributed by atoms with Gasteiger partial charge in [-0.3, -0.25) is 14.2 Å². The molecule has 1 atom stereocenters. The lowest BCUT2D eigenvalue weighted by Gasteiger charge is -2.14. The fraction of sp³-hybridized carbons (Fsp3) is 0.318. The normalized spacial score (nSPS) is 14.8. The molecule has 1 saturated carbocycles. The number of nitrogens with one attached hydrogen (secondary N) is 1. The zero-order chi connectivity index (χ0) is 19.5. The molecule has 0 bridgehead atoms. The van der Waals surface area contributed by atoms with Crippen LogP contribution in [-0.4, -0.2) is 27.8 Å². The van der Waals surface area contributed by atoms with Crippen LogP contribution < -0.4 is 10.9 Å². The maximum atomic E-state index is 12.9. The molecule has 5 nitrogen and oxygen atoms in total. The van der Waals surface area contributed by atoms with Gasteiger partial charge in [0, 0.05) is 12.6 Å². The van der Waals surface area contributed by atoms with Gasteiger partial charge in [0.2, 0.25) is 5.91 Å². The molecule has 0 spiro atoms. The molecule has 2 aromatic carbocycles. The lowest BCUT2D eigenvalue weighted by molar-refractivity contribution is -0.118. The average molecular weight is 394 g/mol. The van der Waals surface area contributed by atoms with Crippen molar-refractivity contribution >= 4 is 28.6 Å². The molecule has 0 aliphatic heterocycles. The van der Waals surface area contributed by atoms with Crippen LogP contribution in [0.4, 0.5) is 0 Å². The second kappa shape index (κ2) is 8.19. The predicted octanol–water partition coefficient (Wildman–Crippen LogP) is 3.74. The molecule has 28 heavy (non-hydrogen) atoms. The molecule has 1 heterocycles. The summed E-state index contributed by atoms with van der Waals surface area (Å²) < 4.78 is 1.77. The molecule has 1 aliphatic carbocycles. The molecule has 1 aliphatic rings. The second-order valence-electron chi connectivity index (χ2n) is 7.22. The van der Waals surface area contributed by atoms with Gasteiger partial charge in [-0.2, -0.15) is 0 Å². The van der Waals surface area contributed by atoms with E-state index in [9.17, 15) is 9.59 Å². The van der Waals surface area contributed by atoms with E-state index < -0.39 is 0 Å². The second-order valence-corrected chi connectivity index (χ2v) is 8.16. The van der Waals surface area contributed by atoms with Crippen molar-refractivity contribution < 1.29 is 4.79 Å². The van der Waals surface area contributed by atoms with Gasteiger partial charge in [0.15, 0.2) is 5.16 Å². The quantitative estimate of drug-likeness (QED) is 0.491. The van der Waals surface area contributed by atoms with Crippen molar-refractivity contribution in [1.82, 2.24) is 14.9 Å². The number of carbonyl (C=O) groups is 1. The van der Waals surface area contributed by atoms with E-state index in [1.165, 1.54) is 17.3 Å². The lowest BCUT2D eigenvalue weighted by Crippen LogP contribution is -2.29. The van der Waals surface area contributed by atoms with Gasteiger partial charge in [-0.05, 0) is 36.5 Å². The molecule has 1 aromatic heterocycles. The van der Waals surface area contributed by atoms with Crippen LogP contribution in [0.1, 0.15) is 37.3 Å². The van der Waals surface area contributed by atoms with E-state index in [-0.39, 0.29) is 29.2 Å². The summed E-state index contributed by atoms with van der Waals surface area (Å²) in [4.78, 5) is 29.9.